The summed E-state index contributed by atoms with van der Waals surface area (Å²) in [5, 5.41) is 3.44. The van der Waals surface area contributed by atoms with Gasteiger partial charge in [-0.15, -0.1) is 0 Å². The number of rotatable bonds is 5. The van der Waals surface area contributed by atoms with E-state index in [0.717, 1.165) is 17.1 Å². The Bertz CT molecular complexity index is 609. The minimum atomic E-state index is -0.0295. The number of benzene rings is 1. The SMILES string of the molecule is Cc1cc(C)nc(Oc2ccc(NC(=O)CCBr)cc2)n1. The molecule has 5 nitrogen and oxygen atoms in total. The minimum Gasteiger partial charge on any atom is -0.424 e. The molecular formula is C15H16BrN3O2. The smallest absolute Gasteiger partial charge is 0.322 e. The van der Waals surface area contributed by atoms with Crippen LogP contribution in [0.3, 0.4) is 0 Å². The second-order valence-corrected chi connectivity index (χ2v) is 5.34. The van der Waals surface area contributed by atoms with Gasteiger partial charge in [-0.05, 0) is 44.2 Å². The molecule has 0 aliphatic heterocycles. The Kier molecular flexibility index (Phi) is 5.27. The van der Waals surface area contributed by atoms with E-state index in [9.17, 15) is 4.79 Å². The molecule has 6 heteroatoms. The second kappa shape index (κ2) is 7.17. The maximum atomic E-state index is 11.5. The molecule has 0 saturated heterocycles. The van der Waals surface area contributed by atoms with Crippen LogP contribution in [0.5, 0.6) is 11.8 Å². The molecule has 0 bridgehead atoms. The highest BCUT2D eigenvalue weighted by Crippen LogP contribution is 2.21. The highest BCUT2D eigenvalue weighted by atomic mass is 79.9. The molecule has 1 amide bonds. The standard InChI is InChI=1S/C15H16BrN3O2/c1-10-9-11(2)18-15(17-10)21-13-5-3-12(4-6-13)19-14(20)7-8-16/h3-6,9H,7-8H2,1-2H3,(H,19,20). The molecule has 2 aromatic rings. The molecule has 2 rings (SSSR count). The normalized spacial score (nSPS) is 10.2. The molecule has 0 aliphatic carbocycles. The Morgan fingerprint density at radius 1 is 1.19 bits per heavy atom. The number of nitrogens with zero attached hydrogens (tertiary/aromatic N) is 2. The maximum Gasteiger partial charge on any atom is 0.322 e. The highest BCUT2D eigenvalue weighted by Gasteiger charge is 2.04. The number of alkyl halides is 1. The summed E-state index contributed by atoms with van der Waals surface area (Å²) in [7, 11) is 0. The Balaban J connectivity index is 2.03. The van der Waals surface area contributed by atoms with Gasteiger partial charge in [-0.3, -0.25) is 4.79 Å². The maximum absolute atomic E-state index is 11.5. The van der Waals surface area contributed by atoms with Crippen molar-refractivity contribution >= 4 is 27.5 Å². The molecule has 0 fully saturated rings. The molecule has 1 N–H and O–H groups in total. The molecule has 0 unspecified atom stereocenters. The number of nitrogens with one attached hydrogen (secondary N) is 1. The molecule has 0 radical (unpaired) electrons. The molecule has 110 valence electrons. The van der Waals surface area contributed by atoms with Gasteiger partial charge in [-0.25, -0.2) is 9.97 Å². The van der Waals surface area contributed by atoms with Gasteiger partial charge in [0.25, 0.3) is 0 Å². The first-order valence-electron chi connectivity index (χ1n) is 6.53. The zero-order valence-corrected chi connectivity index (χ0v) is 13.5. The van der Waals surface area contributed by atoms with Crippen LogP contribution in [0.2, 0.25) is 0 Å². The van der Waals surface area contributed by atoms with Gasteiger partial charge in [0.05, 0.1) is 0 Å². The van der Waals surface area contributed by atoms with Gasteiger partial charge in [-0.1, -0.05) is 15.9 Å². The van der Waals surface area contributed by atoms with E-state index in [1.165, 1.54) is 0 Å². The summed E-state index contributed by atoms with van der Waals surface area (Å²) in [6, 6.07) is 9.31. The summed E-state index contributed by atoms with van der Waals surface area (Å²) >= 11 is 3.23. The van der Waals surface area contributed by atoms with Crippen molar-refractivity contribution in [3.63, 3.8) is 0 Å². The number of aromatic nitrogens is 2. The Labute approximate surface area is 131 Å². The number of amides is 1. The van der Waals surface area contributed by atoms with Gasteiger partial charge in [0.2, 0.25) is 5.91 Å². The number of halogens is 1. The number of aryl methyl sites for hydroxylation is 2. The van der Waals surface area contributed by atoms with Crippen LogP contribution in [0, 0.1) is 13.8 Å². The van der Waals surface area contributed by atoms with Gasteiger partial charge in [0, 0.05) is 28.8 Å². The van der Waals surface area contributed by atoms with Crippen molar-refractivity contribution in [2.75, 3.05) is 10.6 Å². The molecule has 0 saturated carbocycles. The first-order chi connectivity index (χ1) is 10.1. The Morgan fingerprint density at radius 3 is 2.38 bits per heavy atom. The van der Waals surface area contributed by atoms with Crippen LogP contribution in [0.25, 0.3) is 0 Å². The molecule has 0 atom stereocenters. The zero-order valence-electron chi connectivity index (χ0n) is 11.9. The number of hydrogen-bond donors (Lipinski definition) is 1. The van der Waals surface area contributed by atoms with E-state index in [-0.39, 0.29) is 5.91 Å². The van der Waals surface area contributed by atoms with Crippen molar-refractivity contribution in [2.24, 2.45) is 0 Å². The average Bonchev–Trinajstić information content (AvgIpc) is 2.40. The summed E-state index contributed by atoms with van der Waals surface area (Å²) < 4.78 is 5.61. The number of anilines is 1. The number of ether oxygens (including phenoxy) is 1. The summed E-state index contributed by atoms with van der Waals surface area (Å²) in [4.78, 5) is 19.9. The minimum absolute atomic E-state index is 0.0295. The fraction of sp³-hybridized carbons (Fsp3) is 0.267. The first-order valence-corrected chi connectivity index (χ1v) is 7.65. The topological polar surface area (TPSA) is 64.1 Å². The number of carbonyl (C=O) groups excluding carboxylic acids is 1. The van der Waals surface area contributed by atoms with Crippen LogP contribution in [0.4, 0.5) is 5.69 Å². The van der Waals surface area contributed by atoms with Crippen LogP contribution >= 0.6 is 15.9 Å². The summed E-state index contributed by atoms with van der Waals surface area (Å²) in [5.41, 5.74) is 2.45. The molecule has 21 heavy (non-hydrogen) atoms. The third-order valence-corrected chi connectivity index (χ3v) is 3.03. The quantitative estimate of drug-likeness (QED) is 0.837. The van der Waals surface area contributed by atoms with Crippen molar-refractivity contribution in [2.45, 2.75) is 20.3 Å². The number of hydrogen-bond acceptors (Lipinski definition) is 4. The van der Waals surface area contributed by atoms with Crippen molar-refractivity contribution < 1.29 is 9.53 Å². The van der Waals surface area contributed by atoms with Crippen LogP contribution in [-0.4, -0.2) is 21.2 Å². The van der Waals surface area contributed by atoms with Crippen molar-refractivity contribution in [3.05, 3.63) is 41.7 Å². The van der Waals surface area contributed by atoms with Gasteiger partial charge in [0.15, 0.2) is 0 Å². The fourth-order valence-electron chi connectivity index (χ4n) is 1.76. The molecule has 1 heterocycles. The van der Waals surface area contributed by atoms with Gasteiger partial charge in [-0.2, -0.15) is 0 Å². The summed E-state index contributed by atoms with van der Waals surface area (Å²) in [6.07, 6.45) is 0.439. The third-order valence-electron chi connectivity index (χ3n) is 2.63. The first kappa shape index (κ1) is 15.4. The Hall–Kier alpha value is -1.95. The van der Waals surface area contributed by atoms with Gasteiger partial charge < -0.3 is 10.1 Å². The molecule has 0 spiro atoms. The molecular weight excluding hydrogens is 334 g/mol. The van der Waals surface area contributed by atoms with E-state index in [4.69, 9.17) is 4.74 Å². The molecule has 0 aliphatic rings. The summed E-state index contributed by atoms with van der Waals surface area (Å²) in [5.74, 6) is 0.594. The lowest BCUT2D eigenvalue weighted by Crippen LogP contribution is -2.11. The van der Waals surface area contributed by atoms with E-state index in [1.54, 1.807) is 24.3 Å². The van der Waals surface area contributed by atoms with E-state index < -0.39 is 0 Å². The second-order valence-electron chi connectivity index (χ2n) is 4.55. The predicted molar refractivity (Wildman–Crippen MR) is 85.1 cm³/mol. The van der Waals surface area contributed by atoms with Gasteiger partial charge >= 0.3 is 6.01 Å². The molecule has 1 aromatic carbocycles. The summed E-state index contributed by atoms with van der Waals surface area (Å²) in [6.45, 7) is 3.79. The Morgan fingerprint density at radius 2 is 1.81 bits per heavy atom. The monoisotopic (exact) mass is 349 g/mol. The van der Waals surface area contributed by atoms with Gasteiger partial charge in [0.1, 0.15) is 5.75 Å². The van der Waals surface area contributed by atoms with E-state index in [0.29, 0.717) is 23.5 Å². The van der Waals surface area contributed by atoms with E-state index >= 15 is 0 Å². The van der Waals surface area contributed by atoms with Crippen molar-refractivity contribution in [1.82, 2.24) is 9.97 Å². The van der Waals surface area contributed by atoms with Crippen LogP contribution in [0.1, 0.15) is 17.8 Å². The van der Waals surface area contributed by atoms with Crippen molar-refractivity contribution in [1.29, 1.82) is 0 Å². The largest absolute Gasteiger partial charge is 0.424 e. The number of carbonyl (C=O) groups is 1. The molecule has 1 aromatic heterocycles. The lowest BCUT2D eigenvalue weighted by molar-refractivity contribution is -0.115. The predicted octanol–water partition coefficient (Wildman–Crippen LogP) is 3.61. The highest BCUT2D eigenvalue weighted by molar-refractivity contribution is 9.09. The van der Waals surface area contributed by atoms with Crippen LogP contribution in [-0.2, 0) is 4.79 Å². The van der Waals surface area contributed by atoms with E-state index in [1.807, 2.05) is 19.9 Å². The zero-order chi connectivity index (χ0) is 15.2. The average molecular weight is 350 g/mol. The lowest BCUT2D eigenvalue weighted by atomic mass is 10.3. The lowest BCUT2D eigenvalue weighted by Gasteiger charge is -2.07. The fourth-order valence-corrected chi connectivity index (χ4v) is 2.12. The van der Waals surface area contributed by atoms with Crippen molar-refractivity contribution in [3.8, 4) is 11.8 Å². The van der Waals surface area contributed by atoms with E-state index in [2.05, 4.69) is 31.2 Å². The van der Waals surface area contributed by atoms with Crippen LogP contribution < -0.4 is 10.1 Å². The van der Waals surface area contributed by atoms with Crippen LogP contribution in [0.15, 0.2) is 30.3 Å². The third kappa shape index (κ3) is 4.82.